The third kappa shape index (κ3) is 6.20. The Morgan fingerprint density at radius 1 is 1.30 bits per heavy atom. The molecule has 0 spiro atoms. The molecule has 9 heteroatoms. The summed E-state index contributed by atoms with van der Waals surface area (Å²) in [5, 5.41) is 5.60. The monoisotopic (exact) mass is 418 g/mol. The van der Waals surface area contributed by atoms with Crippen molar-refractivity contribution in [3.8, 4) is 5.88 Å². The Balaban J connectivity index is 1.62. The van der Waals surface area contributed by atoms with E-state index >= 15 is 0 Å². The molecule has 0 bridgehead atoms. The summed E-state index contributed by atoms with van der Waals surface area (Å²) in [6.45, 7) is 3.53. The summed E-state index contributed by atoms with van der Waals surface area (Å²) in [6, 6.07) is 5.92. The summed E-state index contributed by atoms with van der Waals surface area (Å²) in [4.78, 5) is 32.9. The number of halogens is 2. The average Bonchev–Trinajstić information content (AvgIpc) is 3.51. The molecular weight excluding hydrogens is 394 g/mol. The standard InChI is InChI=1S/C21H24F2N4O3/c1-12-8-16(9-17(25-12)27-19(28)14-4-5-14)20(29)26-13(2)15-6-7-18(24-10-15)30-11-21(3,22)23/h6-10,13-14H,4-5,11H2,1-3H3,(H,26,29)(H,25,27,28). The number of rotatable bonds is 8. The van der Waals surface area contributed by atoms with Crippen molar-refractivity contribution < 1.29 is 23.1 Å². The van der Waals surface area contributed by atoms with E-state index in [0.29, 0.717) is 22.6 Å². The summed E-state index contributed by atoms with van der Waals surface area (Å²) in [6.07, 6.45) is 3.22. The maximum atomic E-state index is 12.9. The number of nitrogens with zero attached hydrogens (tertiary/aromatic N) is 2. The molecule has 2 aromatic heterocycles. The number of hydrogen-bond acceptors (Lipinski definition) is 5. The van der Waals surface area contributed by atoms with Gasteiger partial charge in [-0.05, 0) is 44.4 Å². The molecule has 1 atom stereocenters. The van der Waals surface area contributed by atoms with Crippen LogP contribution in [-0.2, 0) is 4.79 Å². The summed E-state index contributed by atoms with van der Waals surface area (Å²) in [7, 11) is 0. The lowest BCUT2D eigenvalue weighted by Gasteiger charge is -2.16. The number of nitrogens with one attached hydrogen (secondary N) is 2. The molecule has 2 heterocycles. The molecule has 1 unspecified atom stereocenters. The van der Waals surface area contributed by atoms with Gasteiger partial charge in [0, 0.05) is 36.4 Å². The Hall–Kier alpha value is -3.10. The van der Waals surface area contributed by atoms with Crippen LogP contribution in [0.15, 0.2) is 30.5 Å². The smallest absolute Gasteiger partial charge is 0.278 e. The number of amides is 2. The van der Waals surface area contributed by atoms with E-state index in [2.05, 4.69) is 20.6 Å². The maximum Gasteiger partial charge on any atom is 0.278 e. The van der Waals surface area contributed by atoms with Gasteiger partial charge in [-0.3, -0.25) is 9.59 Å². The van der Waals surface area contributed by atoms with E-state index in [4.69, 9.17) is 4.74 Å². The largest absolute Gasteiger partial charge is 0.471 e. The van der Waals surface area contributed by atoms with Crippen molar-refractivity contribution in [3.05, 3.63) is 47.3 Å². The molecule has 2 amide bonds. The quantitative estimate of drug-likeness (QED) is 0.683. The first-order chi connectivity index (χ1) is 14.1. The Morgan fingerprint density at radius 3 is 2.63 bits per heavy atom. The number of hydrogen-bond donors (Lipinski definition) is 2. The van der Waals surface area contributed by atoms with Gasteiger partial charge in [-0.1, -0.05) is 6.07 Å². The molecule has 1 fully saturated rings. The van der Waals surface area contributed by atoms with Gasteiger partial charge in [0.25, 0.3) is 11.8 Å². The van der Waals surface area contributed by atoms with Crippen LogP contribution in [0, 0.1) is 12.8 Å². The van der Waals surface area contributed by atoms with Crippen molar-refractivity contribution in [2.24, 2.45) is 5.92 Å². The van der Waals surface area contributed by atoms with Crippen LogP contribution < -0.4 is 15.4 Å². The van der Waals surface area contributed by atoms with Crippen LogP contribution in [0.5, 0.6) is 5.88 Å². The molecule has 160 valence electrons. The molecule has 2 N–H and O–H groups in total. The first-order valence-corrected chi connectivity index (χ1v) is 9.68. The zero-order chi connectivity index (χ0) is 21.9. The van der Waals surface area contributed by atoms with Crippen LogP contribution >= 0.6 is 0 Å². The van der Waals surface area contributed by atoms with Crippen LogP contribution in [0.1, 0.15) is 54.3 Å². The fraction of sp³-hybridized carbons (Fsp3) is 0.429. The minimum Gasteiger partial charge on any atom is -0.471 e. The number of carbonyl (C=O) groups is 2. The van der Waals surface area contributed by atoms with Gasteiger partial charge in [0.15, 0.2) is 6.61 Å². The molecule has 30 heavy (non-hydrogen) atoms. The van der Waals surface area contributed by atoms with E-state index in [-0.39, 0.29) is 29.7 Å². The topological polar surface area (TPSA) is 93.2 Å². The van der Waals surface area contributed by atoms with Crippen molar-refractivity contribution >= 4 is 17.6 Å². The number of ether oxygens (including phenoxy) is 1. The minimum absolute atomic E-state index is 0.0348. The lowest BCUT2D eigenvalue weighted by Crippen LogP contribution is -2.27. The van der Waals surface area contributed by atoms with Gasteiger partial charge in [0.2, 0.25) is 11.8 Å². The summed E-state index contributed by atoms with van der Waals surface area (Å²) < 4.78 is 30.7. The summed E-state index contributed by atoms with van der Waals surface area (Å²) in [5.74, 6) is -2.89. The fourth-order valence-corrected chi connectivity index (χ4v) is 2.73. The third-order valence-corrected chi connectivity index (χ3v) is 4.50. The van der Waals surface area contributed by atoms with Crippen molar-refractivity contribution in [2.75, 3.05) is 11.9 Å². The van der Waals surface area contributed by atoms with Gasteiger partial charge in [-0.2, -0.15) is 0 Å². The average molecular weight is 418 g/mol. The molecule has 0 radical (unpaired) electrons. The van der Waals surface area contributed by atoms with Crippen LogP contribution in [0.25, 0.3) is 0 Å². The van der Waals surface area contributed by atoms with Gasteiger partial charge >= 0.3 is 0 Å². The van der Waals surface area contributed by atoms with Gasteiger partial charge in [-0.15, -0.1) is 0 Å². The fourth-order valence-electron chi connectivity index (χ4n) is 2.73. The van der Waals surface area contributed by atoms with Crippen LogP contribution in [-0.4, -0.2) is 34.3 Å². The van der Waals surface area contributed by atoms with E-state index in [9.17, 15) is 18.4 Å². The van der Waals surface area contributed by atoms with Gasteiger partial charge in [-0.25, -0.2) is 18.7 Å². The zero-order valence-electron chi connectivity index (χ0n) is 17.0. The molecular formula is C21H24F2N4O3. The first-order valence-electron chi connectivity index (χ1n) is 9.68. The highest BCUT2D eigenvalue weighted by Gasteiger charge is 2.30. The van der Waals surface area contributed by atoms with E-state index in [1.165, 1.54) is 18.3 Å². The second-order valence-electron chi connectivity index (χ2n) is 7.63. The van der Waals surface area contributed by atoms with Crippen molar-refractivity contribution in [2.45, 2.75) is 45.6 Å². The highest BCUT2D eigenvalue weighted by atomic mass is 19.3. The zero-order valence-corrected chi connectivity index (χ0v) is 17.0. The lowest BCUT2D eigenvalue weighted by molar-refractivity contribution is -0.117. The molecule has 0 aliphatic heterocycles. The number of pyridine rings is 2. The molecule has 1 saturated carbocycles. The predicted octanol–water partition coefficient (Wildman–Crippen LogP) is 3.66. The van der Waals surface area contributed by atoms with Gasteiger partial charge in [0.05, 0.1) is 6.04 Å². The number of alkyl halides is 2. The highest BCUT2D eigenvalue weighted by molar-refractivity contribution is 5.97. The molecule has 3 rings (SSSR count). The third-order valence-electron chi connectivity index (χ3n) is 4.50. The Bertz CT molecular complexity index is 925. The molecule has 2 aromatic rings. The molecule has 7 nitrogen and oxygen atoms in total. The number of anilines is 1. The summed E-state index contributed by atoms with van der Waals surface area (Å²) in [5.41, 5.74) is 1.67. The van der Waals surface area contributed by atoms with Crippen molar-refractivity contribution in [1.82, 2.24) is 15.3 Å². The lowest BCUT2D eigenvalue weighted by atomic mass is 10.1. The molecule has 0 aromatic carbocycles. The van der Waals surface area contributed by atoms with E-state index in [1.807, 2.05) is 0 Å². The second-order valence-corrected chi connectivity index (χ2v) is 7.63. The van der Waals surface area contributed by atoms with E-state index in [0.717, 1.165) is 19.8 Å². The van der Waals surface area contributed by atoms with Crippen LogP contribution in [0.3, 0.4) is 0 Å². The van der Waals surface area contributed by atoms with Gasteiger partial charge < -0.3 is 15.4 Å². The number of aromatic nitrogens is 2. The predicted molar refractivity (Wildman–Crippen MR) is 107 cm³/mol. The van der Waals surface area contributed by atoms with E-state index in [1.54, 1.807) is 26.0 Å². The normalized spacial score (nSPS) is 14.7. The first kappa shape index (κ1) is 21.6. The van der Waals surface area contributed by atoms with Crippen LogP contribution in [0.4, 0.5) is 14.6 Å². The molecule has 1 aliphatic rings. The second kappa shape index (κ2) is 8.73. The van der Waals surface area contributed by atoms with Crippen molar-refractivity contribution in [3.63, 3.8) is 0 Å². The molecule has 1 aliphatic carbocycles. The van der Waals surface area contributed by atoms with Gasteiger partial charge in [0.1, 0.15) is 5.82 Å². The number of aryl methyl sites for hydroxylation is 1. The Morgan fingerprint density at radius 2 is 2.03 bits per heavy atom. The van der Waals surface area contributed by atoms with Crippen molar-refractivity contribution in [1.29, 1.82) is 0 Å². The molecule has 0 saturated heterocycles. The maximum absolute atomic E-state index is 12.9. The minimum atomic E-state index is -2.94. The van der Waals surface area contributed by atoms with E-state index < -0.39 is 12.5 Å². The SMILES string of the molecule is Cc1cc(C(=O)NC(C)c2ccc(OCC(C)(F)F)nc2)cc(NC(=O)C2CC2)n1. The highest BCUT2D eigenvalue weighted by Crippen LogP contribution is 2.30. The Labute approximate surface area is 173 Å². The van der Waals surface area contributed by atoms with Crippen LogP contribution in [0.2, 0.25) is 0 Å². The number of carbonyl (C=O) groups excluding carboxylic acids is 2. The Kier molecular flexibility index (Phi) is 6.28. The summed E-state index contributed by atoms with van der Waals surface area (Å²) >= 11 is 0.